The third-order valence-corrected chi connectivity index (χ3v) is 3.92. The van der Waals surface area contributed by atoms with Crippen LogP contribution in [0.15, 0.2) is 30.5 Å². The van der Waals surface area contributed by atoms with E-state index in [0.717, 1.165) is 10.9 Å². The largest absolute Gasteiger partial charge is 0.361 e. The maximum atomic E-state index is 12.8. The fourth-order valence-corrected chi connectivity index (χ4v) is 2.67. The van der Waals surface area contributed by atoms with Crippen molar-refractivity contribution in [2.75, 3.05) is 13.1 Å². The molecule has 20 heavy (non-hydrogen) atoms. The molecule has 0 saturated carbocycles. The Labute approximate surface area is 117 Å². The molecule has 0 atom stereocenters. The van der Waals surface area contributed by atoms with Gasteiger partial charge in [0.2, 0.25) is 5.91 Å². The van der Waals surface area contributed by atoms with E-state index in [1.54, 1.807) is 24.8 Å². The lowest BCUT2D eigenvalue weighted by Crippen LogP contribution is -2.63. The van der Waals surface area contributed by atoms with Gasteiger partial charge in [0, 0.05) is 35.8 Å². The van der Waals surface area contributed by atoms with Crippen molar-refractivity contribution in [1.29, 1.82) is 0 Å². The zero-order chi connectivity index (χ0) is 14.3. The van der Waals surface area contributed by atoms with Gasteiger partial charge < -0.3 is 15.2 Å². The monoisotopic (exact) mass is 271 g/mol. The van der Waals surface area contributed by atoms with Crippen molar-refractivity contribution in [2.24, 2.45) is 0 Å². The van der Waals surface area contributed by atoms with Crippen LogP contribution in [-0.4, -0.2) is 40.3 Å². The standard InChI is InChI=1S/C15H17N3O2/c1-15(2)14(20)17-8-9-18(15)13(19)11-4-3-5-12-10(11)6-7-16-12/h3-7,16H,8-9H2,1-2H3,(H,17,20). The topological polar surface area (TPSA) is 65.2 Å². The average Bonchev–Trinajstić information content (AvgIpc) is 2.89. The minimum atomic E-state index is -0.826. The average molecular weight is 271 g/mol. The van der Waals surface area contributed by atoms with Gasteiger partial charge in [-0.3, -0.25) is 9.59 Å². The van der Waals surface area contributed by atoms with Crippen LogP contribution in [0, 0.1) is 0 Å². The van der Waals surface area contributed by atoms with Crippen LogP contribution < -0.4 is 5.32 Å². The number of aromatic amines is 1. The molecule has 1 aromatic carbocycles. The van der Waals surface area contributed by atoms with E-state index in [1.807, 2.05) is 24.4 Å². The summed E-state index contributed by atoms with van der Waals surface area (Å²) < 4.78 is 0. The van der Waals surface area contributed by atoms with Crippen LogP contribution in [0.1, 0.15) is 24.2 Å². The van der Waals surface area contributed by atoms with E-state index in [-0.39, 0.29) is 11.8 Å². The number of hydrogen-bond acceptors (Lipinski definition) is 2. The van der Waals surface area contributed by atoms with Crippen molar-refractivity contribution < 1.29 is 9.59 Å². The first-order chi connectivity index (χ1) is 9.51. The summed E-state index contributed by atoms with van der Waals surface area (Å²) in [5.41, 5.74) is 0.731. The van der Waals surface area contributed by atoms with Crippen LogP contribution >= 0.6 is 0 Å². The molecule has 5 nitrogen and oxygen atoms in total. The van der Waals surface area contributed by atoms with Crippen LogP contribution in [0.3, 0.4) is 0 Å². The second-order valence-corrected chi connectivity index (χ2v) is 5.52. The predicted octanol–water partition coefficient (Wildman–Crippen LogP) is 1.52. The Hall–Kier alpha value is -2.30. The van der Waals surface area contributed by atoms with Gasteiger partial charge in [-0.15, -0.1) is 0 Å². The Bertz CT molecular complexity index is 687. The molecule has 5 heteroatoms. The molecule has 0 unspecified atom stereocenters. The number of H-pyrrole nitrogens is 1. The van der Waals surface area contributed by atoms with Gasteiger partial charge in [-0.05, 0) is 32.0 Å². The quantitative estimate of drug-likeness (QED) is 0.826. The summed E-state index contributed by atoms with van der Waals surface area (Å²) in [4.78, 5) is 29.5. The number of aromatic nitrogens is 1. The summed E-state index contributed by atoms with van der Waals surface area (Å²) in [5.74, 6) is -0.214. The fourth-order valence-electron chi connectivity index (χ4n) is 2.67. The van der Waals surface area contributed by atoms with Gasteiger partial charge in [0.05, 0.1) is 0 Å². The number of nitrogens with zero attached hydrogens (tertiary/aromatic N) is 1. The highest BCUT2D eigenvalue weighted by Crippen LogP contribution is 2.24. The molecular weight excluding hydrogens is 254 g/mol. The summed E-state index contributed by atoms with van der Waals surface area (Å²) in [6.45, 7) is 4.57. The molecule has 2 aromatic rings. The molecule has 104 valence electrons. The van der Waals surface area contributed by atoms with Crippen molar-refractivity contribution in [3.63, 3.8) is 0 Å². The van der Waals surface area contributed by atoms with E-state index in [2.05, 4.69) is 10.3 Å². The molecule has 0 radical (unpaired) electrons. The predicted molar refractivity (Wildman–Crippen MR) is 76.4 cm³/mol. The van der Waals surface area contributed by atoms with Crippen molar-refractivity contribution in [2.45, 2.75) is 19.4 Å². The van der Waals surface area contributed by atoms with Crippen LogP contribution in [0.5, 0.6) is 0 Å². The van der Waals surface area contributed by atoms with E-state index in [4.69, 9.17) is 0 Å². The van der Waals surface area contributed by atoms with Crippen molar-refractivity contribution >= 4 is 22.7 Å². The molecule has 1 aliphatic rings. The van der Waals surface area contributed by atoms with E-state index in [0.29, 0.717) is 18.7 Å². The molecule has 0 bridgehead atoms. The van der Waals surface area contributed by atoms with Gasteiger partial charge >= 0.3 is 0 Å². The van der Waals surface area contributed by atoms with Crippen LogP contribution in [0.25, 0.3) is 10.9 Å². The third kappa shape index (κ3) is 1.78. The number of nitrogens with one attached hydrogen (secondary N) is 2. The molecule has 0 spiro atoms. The minimum Gasteiger partial charge on any atom is -0.361 e. The normalized spacial score (nSPS) is 18.1. The first-order valence-corrected chi connectivity index (χ1v) is 6.68. The van der Waals surface area contributed by atoms with Gasteiger partial charge in [0.25, 0.3) is 5.91 Å². The Balaban J connectivity index is 2.04. The summed E-state index contributed by atoms with van der Waals surface area (Å²) in [5, 5.41) is 3.69. The molecule has 3 rings (SSSR count). The highest BCUT2D eigenvalue weighted by molar-refractivity contribution is 6.08. The van der Waals surface area contributed by atoms with Crippen LogP contribution in [0.2, 0.25) is 0 Å². The maximum Gasteiger partial charge on any atom is 0.255 e. The zero-order valence-corrected chi connectivity index (χ0v) is 11.6. The third-order valence-electron chi connectivity index (χ3n) is 3.92. The molecule has 1 saturated heterocycles. The lowest BCUT2D eigenvalue weighted by molar-refractivity contribution is -0.133. The molecule has 1 aromatic heterocycles. The van der Waals surface area contributed by atoms with Gasteiger partial charge in [-0.2, -0.15) is 0 Å². The summed E-state index contributed by atoms with van der Waals surface area (Å²) in [7, 11) is 0. The Morgan fingerprint density at radius 3 is 2.90 bits per heavy atom. The number of amides is 2. The molecule has 2 amide bonds. The van der Waals surface area contributed by atoms with Crippen molar-refractivity contribution in [3.05, 3.63) is 36.0 Å². The van der Waals surface area contributed by atoms with Crippen LogP contribution in [-0.2, 0) is 4.79 Å². The van der Waals surface area contributed by atoms with Gasteiger partial charge in [0.1, 0.15) is 5.54 Å². The van der Waals surface area contributed by atoms with Crippen LogP contribution in [0.4, 0.5) is 0 Å². The number of piperazine rings is 1. The molecule has 2 N–H and O–H groups in total. The van der Waals surface area contributed by atoms with E-state index >= 15 is 0 Å². The Morgan fingerprint density at radius 1 is 1.30 bits per heavy atom. The number of rotatable bonds is 1. The van der Waals surface area contributed by atoms with Gasteiger partial charge in [-0.25, -0.2) is 0 Å². The van der Waals surface area contributed by atoms with E-state index in [9.17, 15) is 9.59 Å². The molecule has 1 aliphatic heterocycles. The van der Waals surface area contributed by atoms with Gasteiger partial charge in [0.15, 0.2) is 0 Å². The van der Waals surface area contributed by atoms with E-state index in [1.165, 1.54) is 0 Å². The minimum absolute atomic E-state index is 0.102. The number of benzene rings is 1. The first kappa shape index (κ1) is 12.7. The number of carbonyl (C=O) groups excluding carboxylic acids is 2. The highest BCUT2D eigenvalue weighted by Gasteiger charge is 2.40. The summed E-state index contributed by atoms with van der Waals surface area (Å²) in [6, 6.07) is 7.48. The Morgan fingerprint density at radius 2 is 2.10 bits per heavy atom. The van der Waals surface area contributed by atoms with E-state index < -0.39 is 5.54 Å². The summed E-state index contributed by atoms with van der Waals surface area (Å²) >= 11 is 0. The van der Waals surface area contributed by atoms with Crippen molar-refractivity contribution in [3.8, 4) is 0 Å². The molecule has 2 heterocycles. The smallest absolute Gasteiger partial charge is 0.255 e. The van der Waals surface area contributed by atoms with Gasteiger partial charge in [-0.1, -0.05) is 6.07 Å². The maximum absolute atomic E-state index is 12.8. The van der Waals surface area contributed by atoms with Crippen molar-refractivity contribution in [1.82, 2.24) is 15.2 Å². The number of hydrogen-bond donors (Lipinski definition) is 2. The number of fused-ring (bicyclic) bond motifs is 1. The highest BCUT2D eigenvalue weighted by atomic mass is 16.2. The number of carbonyl (C=O) groups is 2. The lowest BCUT2D eigenvalue weighted by atomic mass is 9.97. The molecular formula is C15H17N3O2. The zero-order valence-electron chi connectivity index (χ0n) is 11.6. The summed E-state index contributed by atoms with van der Waals surface area (Å²) in [6.07, 6.45) is 1.81. The SMILES string of the molecule is CC1(C)C(=O)NCCN1C(=O)c1cccc2[nH]ccc12. The second-order valence-electron chi connectivity index (χ2n) is 5.52. The first-order valence-electron chi connectivity index (χ1n) is 6.68. The fraction of sp³-hybridized carbons (Fsp3) is 0.333. The molecule has 1 fully saturated rings. The Kier molecular flexibility index (Phi) is 2.78. The second kappa shape index (κ2) is 4.37. The molecule has 0 aliphatic carbocycles. The lowest BCUT2D eigenvalue weighted by Gasteiger charge is -2.41.